The fraction of sp³-hybridized carbons (Fsp3) is 0.345. The molecule has 3 aromatic rings. The molecule has 0 radical (unpaired) electrons. The number of aliphatic hydroxyl groups excluding tert-OH is 2. The first-order valence-electron chi connectivity index (χ1n) is 12.4. The molecule has 0 fully saturated rings. The highest BCUT2D eigenvalue weighted by Crippen LogP contribution is 2.29. The number of halogens is 1. The maximum absolute atomic E-state index is 13.7. The van der Waals surface area contributed by atoms with Gasteiger partial charge in [0.2, 0.25) is 0 Å². The average molecular weight is 524 g/mol. The molecule has 8 nitrogen and oxygen atoms in total. The lowest BCUT2D eigenvalue weighted by Gasteiger charge is -2.19. The molecule has 0 aliphatic carbocycles. The maximum Gasteiger partial charge on any atom is 0.305 e. The Morgan fingerprint density at radius 3 is 2.37 bits per heavy atom. The minimum absolute atomic E-state index is 0.135. The number of carbonyl (C=O) groups excluding carboxylic acids is 1. The van der Waals surface area contributed by atoms with Gasteiger partial charge in [-0.15, -0.1) is 0 Å². The minimum atomic E-state index is -1.22. The summed E-state index contributed by atoms with van der Waals surface area (Å²) >= 11 is 0. The van der Waals surface area contributed by atoms with Crippen LogP contribution in [0.5, 0.6) is 0 Å². The van der Waals surface area contributed by atoms with E-state index in [0.29, 0.717) is 23.5 Å². The summed E-state index contributed by atoms with van der Waals surface area (Å²) in [5.74, 6) is -2.00. The number of aliphatic hydroxyl groups is 2. The Morgan fingerprint density at radius 2 is 1.76 bits per heavy atom. The molecule has 0 saturated carbocycles. The summed E-state index contributed by atoms with van der Waals surface area (Å²) in [5, 5.41) is 33.8. The van der Waals surface area contributed by atoms with E-state index in [-0.39, 0.29) is 23.9 Å². The fourth-order valence-electron chi connectivity index (χ4n) is 4.25. The van der Waals surface area contributed by atoms with Gasteiger partial charge in [0.15, 0.2) is 5.69 Å². The molecule has 3 N–H and O–H groups in total. The Morgan fingerprint density at radius 1 is 1.11 bits per heavy atom. The molecule has 1 amide bonds. The first-order valence-corrected chi connectivity index (χ1v) is 12.4. The van der Waals surface area contributed by atoms with Crippen LogP contribution in [0.2, 0.25) is 0 Å². The van der Waals surface area contributed by atoms with Crippen LogP contribution in [0.1, 0.15) is 65.5 Å². The number of nitrogens with zero attached hydrogens (tertiary/aromatic N) is 3. The number of amides is 1. The number of hydrogen-bond donors (Lipinski definition) is 3. The van der Waals surface area contributed by atoms with Crippen molar-refractivity contribution in [1.29, 1.82) is 0 Å². The Kier molecular flexibility index (Phi) is 9.55. The molecule has 38 heavy (non-hydrogen) atoms. The molecule has 0 unspecified atom stereocenters. The SMILES string of the molecule is Cc1ccccc1CN(C)C(=O)c1nn(-c2ccc(F)cc2)c(C=C[C@H](O)C[C@@H](O)CC(=O)O)c1C(C)C. The molecular formula is C29H34FN3O5. The average Bonchev–Trinajstić information content (AvgIpc) is 3.23. The first-order chi connectivity index (χ1) is 18.0. The molecule has 3 rings (SSSR count). The number of aryl methyl sites for hydroxylation is 1. The monoisotopic (exact) mass is 523 g/mol. The zero-order chi connectivity index (χ0) is 28.0. The van der Waals surface area contributed by atoms with Crippen LogP contribution in [0, 0.1) is 12.7 Å². The van der Waals surface area contributed by atoms with Crippen molar-refractivity contribution in [2.24, 2.45) is 0 Å². The summed E-state index contributed by atoms with van der Waals surface area (Å²) < 4.78 is 15.2. The van der Waals surface area contributed by atoms with E-state index in [4.69, 9.17) is 5.11 Å². The van der Waals surface area contributed by atoms with Crippen molar-refractivity contribution in [3.05, 3.63) is 88.5 Å². The van der Waals surface area contributed by atoms with Gasteiger partial charge in [-0.1, -0.05) is 44.2 Å². The Balaban J connectivity index is 2.03. The van der Waals surface area contributed by atoms with Crippen molar-refractivity contribution in [1.82, 2.24) is 14.7 Å². The number of rotatable bonds is 11. The number of hydrogen-bond acceptors (Lipinski definition) is 5. The third-order valence-corrected chi connectivity index (χ3v) is 6.23. The highest BCUT2D eigenvalue weighted by atomic mass is 19.1. The van der Waals surface area contributed by atoms with E-state index >= 15 is 0 Å². The van der Waals surface area contributed by atoms with E-state index < -0.39 is 30.4 Å². The van der Waals surface area contributed by atoms with E-state index in [0.717, 1.165) is 11.1 Å². The summed E-state index contributed by atoms with van der Waals surface area (Å²) in [6.45, 7) is 6.22. The molecule has 1 aromatic heterocycles. The van der Waals surface area contributed by atoms with Gasteiger partial charge in [-0.3, -0.25) is 9.59 Å². The normalized spacial score (nSPS) is 13.2. The predicted octanol–water partition coefficient (Wildman–Crippen LogP) is 4.32. The van der Waals surface area contributed by atoms with E-state index in [2.05, 4.69) is 5.10 Å². The topological polar surface area (TPSA) is 116 Å². The van der Waals surface area contributed by atoms with Crippen molar-refractivity contribution < 1.29 is 29.3 Å². The second-order valence-corrected chi connectivity index (χ2v) is 9.69. The van der Waals surface area contributed by atoms with Gasteiger partial charge in [0.25, 0.3) is 5.91 Å². The second-order valence-electron chi connectivity index (χ2n) is 9.69. The molecule has 0 spiro atoms. The highest BCUT2D eigenvalue weighted by molar-refractivity contribution is 5.95. The van der Waals surface area contributed by atoms with Gasteiger partial charge < -0.3 is 20.2 Å². The van der Waals surface area contributed by atoms with E-state index in [1.807, 2.05) is 45.0 Å². The molecule has 0 aliphatic rings. The number of carboxylic acids is 1. The number of benzene rings is 2. The third-order valence-electron chi connectivity index (χ3n) is 6.23. The largest absolute Gasteiger partial charge is 0.481 e. The number of carbonyl (C=O) groups is 2. The van der Waals surface area contributed by atoms with Crippen LogP contribution in [-0.4, -0.2) is 61.1 Å². The summed E-state index contributed by atoms with van der Waals surface area (Å²) in [4.78, 5) is 26.1. The number of carboxylic acid groups (broad SMARTS) is 1. The van der Waals surface area contributed by atoms with Crippen LogP contribution in [0.4, 0.5) is 4.39 Å². The Hall–Kier alpha value is -3.82. The Labute approximate surface area is 221 Å². The third kappa shape index (κ3) is 7.14. The van der Waals surface area contributed by atoms with E-state index in [9.17, 15) is 24.2 Å². The quantitative estimate of drug-likeness (QED) is 0.345. The second kappa shape index (κ2) is 12.6. The molecule has 0 aliphatic heterocycles. The van der Waals surface area contributed by atoms with Gasteiger partial charge in [-0.25, -0.2) is 9.07 Å². The van der Waals surface area contributed by atoms with Crippen LogP contribution < -0.4 is 0 Å². The van der Waals surface area contributed by atoms with Crippen LogP contribution in [0.15, 0.2) is 54.6 Å². The summed E-state index contributed by atoms with van der Waals surface area (Å²) in [6, 6.07) is 13.5. The standard InChI is InChI=1S/C29H34FN3O5/c1-18(2)27-25(14-13-23(34)15-24(35)16-26(36)37)33(22-11-9-21(30)10-12-22)31-28(27)29(38)32(4)17-20-8-6-5-7-19(20)3/h5-14,18,23-24,34-35H,15-17H2,1-4H3,(H,36,37)/t23-,24+/m0/s1. The predicted molar refractivity (Wildman–Crippen MR) is 143 cm³/mol. The smallest absolute Gasteiger partial charge is 0.305 e. The summed E-state index contributed by atoms with van der Waals surface area (Å²) in [5.41, 5.74) is 4.00. The molecular weight excluding hydrogens is 489 g/mol. The summed E-state index contributed by atoms with van der Waals surface area (Å²) in [7, 11) is 1.71. The van der Waals surface area contributed by atoms with Crippen molar-refractivity contribution >= 4 is 18.0 Å². The van der Waals surface area contributed by atoms with Gasteiger partial charge in [0.05, 0.1) is 30.0 Å². The fourth-order valence-corrected chi connectivity index (χ4v) is 4.25. The van der Waals surface area contributed by atoms with Crippen molar-refractivity contribution in [3.63, 3.8) is 0 Å². The lowest BCUT2D eigenvalue weighted by molar-refractivity contribution is -0.139. The summed E-state index contributed by atoms with van der Waals surface area (Å²) in [6.07, 6.45) is 0.0212. The molecule has 0 saturated heterocycles. The lowest BCUT2D eigenvalue weighted by Crippen LogP contribution is -2.28. The van der Waals surface area contributed by atoms with Crippen LogP contribution in [-0.2, 0) is 11.3 Å². The molecule has 2 atom stereocenters. The van der Waals surface area contributed by atoms with Gasteiger partial charge >= 0.3 is 5.97 Å². The zero-order valence-corrected chi connectivity index (χ0v) is 22.0. The highest BCUT2D eigenvalue weighted by Gasteiger charge is 2.27. The van der Waals surface area contributed by atoms with Crippen LogP contribution >= 0.6 is 0 Å². The Bertz CT molecular complexity index is 1300. The minimum Gasteiger partial charge on any atom is -0.481 e. The van der Waals surface area contributed by atoms with Crippen molar-refractivity contribution in [2.45, 2.75) is 58.3 Å². The zero-order valence-electron chi connectivity index (χ0n) is 22.0. The van der Waals surface area contributed by atoms with Gasteiger partial charge in [0, 0.05) is 25.6 Å². The van der Waals surface area contributed by atoms with E-state index in [1.54, 1.807) is 30.2 Å². The molecule has 202 valence electrons. The molecule has 0 bridgehead atoms. The van der Waals surface area contributed by atoms with Crippen molar-refractivity contribution in [3.8, 4) is 5.69 Å². The van der Waals surface area contributed by atoms with Crippen LogP contribution in [0.25, 0.3) is 11.8 Å². The van der Waals surface area contributed by atoms with Crippen molar-refractivity contribution in [2.75, 3.05) is 7.05 Å². The van der Waals surface area contributed by atoms with E-state index in [1.165, 1.54) is 22.9 Å². The van der Waals surface area contributed by atoms with Gasteiger partial charge in [0.1, 0.15) is 5.82 Å². The van der Waals surface area contributed by atoms with Gasteiger partial charge in [-0.05, 0) is 54.3 Å². The number of aliphatic carboxylic acids is 1. The van der Waals surface area contributed by atoms with Gasteiger partial charge in [-0.2, -0.15) is 5.10 Å². The number of aromatic nitrogens is 2. The molecule has 1 heterocycles. The lowest BCUT2D eigenvalue weighted by atomic mass is 9.98. The molecule has 2 aromatic carbocycles. The maximum atomic E-state index is 13.7. The first kappa shape index (κ1) is 28.7. The van der Waals surface area contributed by atoms with Crippen LogP contribution in [0.3, 0.4) is 0 Å². The molecule has 9 heteroatoms.